The van der Waals surface area contributed by atoms with Gasteiger partial charge < -0.3 is 16.4 Å². The minimum atomic E-state index is -0.339. The summed E-state index contributed by atoms with van der Waals surface area (Å²) in [5.74, 6) is -0.334. The topological polar surface area (TPSA) is 98.1 Å². The van der Waals surface area contributed by atoms with Gasteiger partial charge in [-0.25, -0.2) is 14.4 Å². The first-order valence-electron chi connectivity index (χ1n) is 8.01. The van der Waals surface area contributed by atoms with Gasteiger partial charge >= 0.3 is 0 Å². The first-order valence-corrected chi connectivity index (χ1v) is 8.80. The molecular weight excluding hydrogens is 389 g/mol. The highest BCUT2D eigenvalue weighted by atomic mass is 79.9. The predicted molar refractivity (Wildman–Crippen MR) is 96.4 cm³/mol. The number of hydrogen-bond donors (Lipinski definition) is 2. The van der Waals surface area contributed by atoms with Crippen molar-refractivity contribution in [1.29, 1.82) is 0 Å². The summed E-state index contributed by atoms with van der Waals surface area (Å²) in [6.45, 7) is 2.74. The van der Waals surface area contributed by atoms with Crippen LogP contribution in [0, 0.1) is 12.7 Å². The van der Waals surface area contributed by atoms with Gasteiger partial charge in [0.05, 0.1) is 23.0 Å². The molecule has 1 unspecified atom stereocenters. The molecular formula is C17H19BrFN5O. The zero-order chi connectivity index (χ0) is 18.1. The molecule has 1 aromatic heterocycles. The van der Waals surface area contributed by atoms with Gasteiger partial charge in [-0.1, -0.05) is 22.0 Å². The van der Waals surface area contributed by atoms with Crippen LogP contribution in [0.1, 0.15) is 39.8 Å². The second kappa shape index (κ2) is 7.05. The summed E-state index contributed by atoms with van der Waals surface area (Å²) in [6, 6.07) is 4.21. The number of nitrogens with two attached hydrogens (primary N) is 2. The summed E-state index contributed by atoms with van der Waals surface area (Å²) in [7, 11) is 0. The van der Waals surface area contributed by atoms with Crippen molar-refractivity contribution in [2.45, 2.75) is 25.8 Å². The van der Waals surface area contributed by atoms with Crippen LogP contribution >= 0.6 is 15.9 Å². The van der Waals surface area contributed by atoms with Gasteiger partial charge in [0.15, 0.2) is 0 Å². The number of nitrogen functional groups attached to an aromatic ring is 1. The zero-order valence-corrected chi connectivity index (χ0v) is 15.4. The largest absolute Gasteiger partial charge is 0.368 e. The molecule has 3 rings (SSSR count). The number of fused-ring (bicyclic) bond motifs is 1. The maximum atomic E-state index is 13.5. The lowest BCUT2D eigenvalue weighted by atomic mass is 9.91. The van der Waals surface area contributed by atoms with Gasteiger partial charge in [-0.15, -0.1) is 0 Å². The molecule has 0 fully saturated rings. The quantitative estimate of drug-likeness (QED) is 0.810. The van der Waals surface area contributed by atoms with E-state index in [1.54, 1.807) is 17.9 Å². The summed E-state index contributed by atoms with van der Waals surface area (Å²) in [5.41, 5.74) is 13.9. The molecule has 132 valence electrons. The molecule has 0 bridgehead atoms. The molecule has 1 aromatic carbocycles. The maximum absolute atomic E-state index is 13.5. The van der Waals surface area contributed by atoms with Crippen LogP contribution in [0.15, 0.2) is 22.7 Å². The SMILES string of the molecule is Cc1nc(N)nc2c1C(=O)N(CCCN)C(c1ccc(F)cc1Br)C2. The molecule has 0 saturated carbocycles. The predicted octanol–water partition coefficient (Wildman–Crippen LogP) is 2.36. The van der Waals surface area contributed by atoms with Gasteiger partial charge in [0, 0.05) is 17.4 Å². The van der Waals surface area contributed by atoms with E-state index >= 15 is 0 Å². The third-order valence-corrected chi connectivity index (χ3v) is 5.03. The smallest absolute Gasteiger partial charge is 0.258 e. The molecule has 1 aliphatic heterocycles. The van der Waals surface area contributed by atoms with Crippen LogP contribution < -0.4 is 11.5 Å². The molecule has 0 aliphatic carbocycles. The normalized spacial score (nSPS) is 16.9. The zero-order valence-electron chi connectivity index (χ0n) is 13.8. The molecule has 0 radical (unpaired) electrons. The second-order valence-electron chi connectivity index (χ2n) is 6.02. The molecule has 1 amide bonds. The van der Waals surface area contributed by atoms with Crippen molar-refractivity contribution in [3.63, 3.8) is 0 Å². The fraction of sp³-hybridized carbons (Fsp3) is 0.353. The molecule has 25 heavy (non-hydrogen) atoms. The Bertz CT molecular complexity index is 829. The van der Waals surface area contributed by atoms with Gasteiger partial charge in [-0.2, -0.15) is 0 Å². The Hall–Kier alpha value is -2.06. The number of nitrogens with zero attached hydrogens (tertiary/aromatic N) is 3. The van der Waals surface area contributed by atoms with E-state index < -0.39 is 0 Å². The molecule has 4 N–H and O–H groups in total. The minimum absolute atomic E-state index is 0.145. The Labute approximate surface area is 153 Å². The van der Waals surface area contributed by atoms with Crippen LogP contribution in [0.25, 0.3) is 0 Å². The monoisotopic (exact) mass is 407 g/mol. The molecule has 8 heteroatoms. The van der Waals surface area contributed by atoms with Crippen molar-refractivity contribution in [2.24, 2.45) is 5.73 Å². The Morgan fingerprint density at radius 1 is 1.40 bits per heavy atom. The standard InChI is InChI=1S/C17H19BrFN5O/c1-9-15-13(23-17(21)22-9)8-14(24(16(15)25)6-2-5-20)11-4-3-10(19)7-12(11)18/h3-4,7,14H,2,5-6,8,20H2,1H3,(H2,21,22,23). The van der Waals surface area contributed by atoms with E-state index in [1.165, 1.54) is 12.1 Å². The number of carbonyl (C=O) groups excluding carboxylic acids is 1. The van der Waals surface area contributed by atoms with Crippen LogP contribution in [0.4, 0.5) is 10.3 Å². The highest BCUT2D eigenvalue weighted by Crippen LogP contribution is 2.37. The van der Waals surface area contributed by atoms with E-state index in [9.17, 15) is 9.18 Å². The van der Waals surface area contributed by atoms with Crippen molar-refractivity contribution in [1.82, 2.24) is 14.9 Å². The Morgan fingerprint density at radius 2 is 2.16 bits per heavy atom. The fourth-order valence-electron chi connectivity index (χ4n) is 3.23. The molecule has 0 spiro atoms. The number of rotatable bonds is 4. The summed E-state index contributed by atoms with van der Waals surface area (Å²) in [5, 5.41) is 0. The van der Waals surface area contributed by atoms with Crippen LogP contribution in [-0.4, -0.2) is 33.9 Å². The number of carbonyl (C=O) groups is 1. The molecule has 6 nitrogen and oxygen atoms in total. The molecule has 1 atom stereocenters. The first-order chi connectivity index (χ1) is 11.9. The van der Waals surface area contributed by atoms with Crippen LogP contribution in [-0.2, 0) is 6.42 Å². The number of benzene rings is 1. The van der Waals surface area contributed by atoms with Crippen molar-refractivity contribution in [3.8, 4) is 0 Å². The highest BCUT2D eigenvalue weighted by Gasteiger charge is 2.36. The third-order valence-electron chi connectivity index (χ3n) is 4.34. The van der Waals surface area contributed by atoms with E-state index in [1.807, 2.05) is 0 Å². The van der Waals surface area contributed by atoms with E-state index in [0.29, 0.717) is 47.4 Å². The Morgan fingerprint density at radius 3 is 2.84 bits per heavy atom. The number of anilines is 1. The third kappa shape index (κ3) is 3.36. The second-order valence-corrected chi connectivity index (χ2v) is 6.87. The summed E-state index contributed by atoms with van der Waals surface area (Å²) in [4.78, 5) is 23.2. The number of aromatic nitrogens is 2. The van der Waals surface area contributed by atoms with Gasteiger partial charge in [-0.05, 0) is 37.6 Å². The molecule has 1 aliphatic rings. The minimum Gasteiger partial charge on any atom is -0.368 e. The van der Waals surface area contributed by atoms with Crippen LogP contribution in [0.5, 0.6) is 0 Å². The van der Waals surface area contributed by atoms with Crippen molar-refractivity contribution in [3.05, 3.63) is 51.0 Å². The number of halogens is 2. The molecule has 0 saturated heterocycles. The van der Waals surface area contributed by atoms with Gasteiger partial charge in [0.25, 0.3) is 5.91 Å². The first kappa shape index (κ1) is 17.8. The van der Waals surface area contributed by atoms with E-state index in [2.05, 4.69) is 25.9 Å². The maximum Gasteiger partial charge on any atom is 0.258 e. The fourth-order valence-corrected chi connectivity index (χ4v) is 3.84. The van der Waals surface area contributed by atoms with Gasteiger partial charge in [-0.3, -0.25) is 4.79 Å². The summed E-state index contributed by atoms with van der Waals surface area (Å²) < 4.78 is 14.1. The van der Waals surface area contributed by atoms with Crippen molar-refractivity contribution < 1.29 is 9.18 Å². The average molecular weight is 408 g/mol. The lowest BCUT2D eigenvalue weighted by Crippen LogP contribution is -2.42. The van der Waals surface area contributed by atoms with Crippen molar-refractivity contribution in [2.75, 3.05) is 18.8 Å². The lowest BCUT2D eigenvalue weighted by Gasteiger charge is -2.37. The Balaban J connectivity index is 2.10. The summed E-state index contributed by atoms with van der Waals surface area (Å²) in [6.07, 6.45) is 1.16. The van der Waals surface area contributed by atoms with Crippen molar-refractivity contribution >= 4 is 27.8 Å². The van der Waals surface area contributed by atoms with E-state index in [0.717, 1.165) is 5.56 Å². The van der Waals surface area contributed by atoms with Gasteiger partial charge in [0.1, 0.15) is 5.82 Å². The number of hydrogen-bond acceptors (Lipinski definition) is 5. The number of aryl methyl sites for hydroxylation is 1. The van der Waals surface area contributed by atoms with Crippen LogP contribution in [0.2, 0.25) is 0 Å². The average Bonchev–Trinajstić information content (AvgIpc) is 2.53. The molecule has 2 heterocycles. The number of amides is 1. The summed E-state index contributed by atoms with van der Waals surface area (Å²) >= 11 is 3.41. The lowest BCUT2D eigenvalue weighted by molar-refractivity contribution is 0.0641. The van der Waals surface area contributed by atoms with Gasteiger partial charge in [0.2, 0.25) is 5.95 Å². The highest BCUT2D eigenvalue weighted by molar-refractivity contribution is 9.10. The molecule has 2 aromatic rings. The van der Waals surface area contributed by atoms with E-state index in [4.69, 9.17) is 11.5 Å². The van der Waals surface area contributed by atoms with E-state index in [-0.39, 0.29) is 23.7 Å². The Kier molecular flexibility index (Phi) is 5.01. The van der Waals surface area contributed by atoms with Crippen LogP contribution in [0.3, 0.4) is 0 Å².